The summed E-state index contributed by atoms with van der Waals surface area (Å²) in [5.74, 6) is 0.495. The van der Waals surface area contributed by atoms with Gasteiger partial charge in [0, 0.05) is 18.9 Å². The molecule has 0 spiro atoms. The normalized spacial score (nSPS) is 13.8. The Labute approximate surface area is 110 Å². The van der Waals surface area contributed by atoms with Crippen molar-refractivity contribution in [2.24, 2.45) is 9.98 Å². The summed E-state index contributed by atoms with van der Waals surface area (Å²) in [5.41, 5.74) is 6.31. The predicted molar refractivity (Wildman–Crippen MR) is 80.2 cm³/mol. The molecule has 0 saturated carbocycles. The van der Waals surface area contributed by atoms with E-state index in [-0.39, 0.29) is 0 Å². The molecule has 0 saturated heterocycles. The molecule has 18 heavy (non-hydrogen) atoms. The van der Waals surface area contributed by atoms with Crippen molar-refractivity contribution in [3.05, 3.63) is 22.8 Å². The molecule has 2 nitrogen and oxygen atoms in total. The van der Waals surface area contributed by atoms with Crippen LogP contribution in [0.4, 0.5) is 11.4 Å². The van der Waals surface area contributed by atoms with Gasteiger partial charge in [0.25, 0.3) is 0 Å². The van der Waals surface area contributed by atoms with Crippen LogP contribution in [0.2, 0.25) is 0 Å². The highest BCUT2D eigenvalue weighted by Crippen LogP contribution is 2.40. The second-order valence-corrected chi connectivity index (χ2v) is 5.22. The standard InChI is InChI=1S/C16H22N2/c1-5-6-8-18-16-12(4)10-14-13(7-9-17-14)15(16)11(2)3/h8-11H,5-7H2,1-4H3. The van der Waals surface area contributed by atoms with Crippen LogP contribution in [-0.4, -0.2) is 12.4 Å². The molecular formula is C16H22N2. The van der Waals surface area contributed by atoms with E-state index >= 15 is 0 Å². The highest BCUT2D eigenvalue weighted by Gasteiger charge is 2.19. The monoisotopic (exact) mass is 242 g/mol. The zero-order chi connectivity index (χ0) is 13.1. The maximum atomic E-state index is 4.71. The van der Waals surface area contributed by atoms with Gasteiger partial charge in [-0.2, -0.15) is 0 Å². The average molecular weight is 242 g/mol. The van der Waals surface area contributed by atoms with Gasteiger partial charge in [-0.3, -0.25) is 9.98 Å². The average Bonchev–Trinajstić information content (AvgIpc) is 2.76. The van der Waals surface area contributed by atoms with Crippen LogP contribution >= 0.6 is 0 Å². The molecular weight excluding hydrogens is 220 g/mol. The molecule has 0 aliphatic carbocycles. The van der Waals surface area contributed by atoms with Crippen molar-refractivity contribution in [3.63, 3.8) is 0 Å². The van der Waals surface area contributed by atoms with Gasteiger partial charge in [0.2, 0.25) is 0 Å². The van der Waals surface area contributed by atoms with Crippen molar-refractivity contribution in [2.75, 3.05) is 0 Å². The second kappa shape index (κ2) is 5.47. The Bertz CT molecular complexity index is 496. The number of aryl methyl sites for hydroxylation is 1. The van der Waals surface area contributed by atoms with E-state index in [0.29, 0.717) is 5.92 Å². The van der Waals surface area contributed by atoms with Gasteiger partial charge in [0.1, 0.15) is 0 Å². The van der Waals surface area contributed by atoms with E-state index in [1.807, 2.05) is 6.21 Å². The van der Waals surface area contributed by atoms with Gasteiger partial charge in [-0.05, 0) is 42.0 Å². The van der Waals surface area contributed by atoms with E-state index in [4.69, 9.17) is 4.99 Å². The molecule has 0 unspecified atom stereocenters. The number of hydrogen-bond donors (Lipinski definition) is 0. The molecule has 0 aromatic heterocycles. The summed E-state index contributed by atoms with van der Waals surface area (Å²) < 4.78 is 0. The number of unbranched alkanes of at least 4 members (excludes halogenated alkanes) is 1. The van der Waals surface area contributed by atoms with Crippen LogP contribution in [0, 0.1) is 6.92 Å². The number of nitrogens with zero attached hydrogens (tertiary/aromatic N) is 2. The number of rotatable bonds is 4. The third kappa shape index (κ3) is 2.38. The molecule has 1 aliphatic rings. The lowest BCUT2D eigenvalue weighted by molar-refractivity contribution is 0.853. The Morgan fingerprint density at radius 3 is 2.89 bits per heavy atom. The molecule has 1 aromatic rings. The molecule has 0 amide bonds. The lowest BCUT2D eigenvalue weighted by atomic mass is 9.91. The largest absolute Gasteiger partial charge is 0.261 e. The van der Waals surface area contributed by atoms with E-state index in [1.165, 1.54) is 22.4 Å². The van der Waals surface area contributed by atoms with Crippen molar-refractivity contribution in [1.29, 1.82) is 0 Å². The quantitative estimate of drug-likeness (QED) is 0.672. The summed E-state index contributed by atoms with van der Waals surface area (Å²) in [6.07, 6.45) is 7.21. The van der Waals surface area contributed by atoms with Gasteiger partial charge in [0.15, 0.2) is 0 Å². The topological polar surface area (TPSA) is 24.7 Å². The van der Waals surface area contributed by atoms with Gasteiger partial charge in [-0.1, -0.05) is 27.2 Å². The first kappa shape index (κ1) is 13.0. The van der Waals surface area contributed by atoms with Gasteiger partial charge >= 0.3 is 0 Å². The number of benzene rings is 1. The van der Waals surface area contributed by atoms with Gasteiger partial charge < -0.3 is 0 Å². The number of fused-ring (bicyclic) bond motifs is 1. The van der Waals surface area contributed by atoms with Crippen LogP contribution in [0.1, 0.15) is 56.2 Å². The van der Waals surface area contributed by atoms with Crippen molar-refractivity contribution < 1.29 is 0 Å². The van der Waals surface area contributed by atoms with Gasteiger partial charge in [-0.25, -0.2) is 0 Å². The Hall–Kier alpha value is -1.44. The number of hydrogen-bond acceptors (Lipinski definition) is 2. The minimum Gasteiger partial charge on any atom is -0.261 e. The maximum Gasteiger partial charge on any atom is 0.0693 e. The van der Waals surface area contributed by atoms with Crippen molar-refractivity contribution >= 4 is 23.8 Å². The third-order valence-corrected chi connectivity index (χ3v) is 3.36. The zero-order valence-corrected chi connectivity index (χ0v) is 11.8. The molecule has 0 fully saturated rings. The Balaban J connectivity index is 2.51. The van der Waals surface area contributed by atoms with Gasteiger partial charge in [-0.15, -0.1) is 0 Å². The molecule has 0 N–H and O–H groups in total. The number of aliphatic imine (C=N–C) groups is 2. The molecule has 2 rings (SSSR count). The molecule has 1 aromatic carbocycles. The fraction of sp³-hybridized carbons (Fsp3) is 0.500. The van der Waals surface area contributed by atoms with E-state index < -0.39 is 0 Å². The Morgan fingerprint density at radius 1 is 1.44 bits per heavy atom. The molecule has 96 valence electrons. The molecule has 0 bridgehead atoms. The van der Waals surface area contributed by atoms with Crippen LogP contribution < -0.4 is 0 Å². The summed E-state index contributed by atoms with van der Waals surface area (Å²) in [7, 11) is 0. The highest BCUT2D eigenvalue weighted by molar-refractivity contribution is 5.82. The fourth-order valence-electron chi connectivity index (χ4n) is 2.50. The smallest absolute Gasteiger partial charge is 0.0693 e. The molecule has 0 atom stereocenters. The van der Waals surface area contributed by atoms with E-state index in [2.05, 4.69) is 45.0 Å². The fourth-order valence-corrected chi connectivity index (χ4v) is 2.50. The first-order chi connectivity index (χ1) is 8.65. The lowest BCUT2D eigenvalue weighted by Crippen LogP contribution is -1.97. The minimum absolute atomic E-state index is 0.495. The van der Waals surface area contributed by atoms with Crippen LogP contribution in [0.5, 0.6) is 0 Å². The second-order valence-electron chi connectivity index (χ2n) is 5.22. The molecule has 1 aliphatic heterocycles. The minimum atomic E-state index is 0.495. The summed E-state index contributed by atoms with van der Waals surface area (Å²) in [6.45, 7) is 8.80. The summed E-state index contributed by atoms with van der Waals surface area (Å²) in [6, 6.07) is 2.17. The third-order valence-electron chi connectivity index (χ3n) is 3.36. The zero-order valence-electron chi connectivity index (χ0n) is 11.8. The van der Waals surface area contributed by atoms with Crippen LogP contribution in [0.15, 0.2) is 16.1 Å². The SMILES string of the molecule is CCCC=Nc1c(C)cc2c(c1C(C)C)CC=N2. The first-order valence-corrected chi connectivity index (χ1v) is 6.86. The summed E-state index contributed by atoms with van der Waals surface area (Å²) >= 11 is 0. The maximum absolute atomic E-state index is 4.71. The van der Waals surface area contributed by atoms with E-state index in [9.17, 15) is 0 Å². The first-order valence-electron chi connectivity index (χ1n) is 6.86. The van der Waals surface area contributed by atoms with E-state index in [0.717, 1.165) is 24.9 Å². The van der Waals surface area contributed by atoms with Crippen molar-refractivity contribution in [2.45, 2.75) is 52.9 Å². The molecule has 2 heteroatoms. The lowest BCUT2D eigenvalue weighted by Gasteiger charge is -2.17. The van der Waals surface area contributed by atoms with Crippen LogP contribution in [0.25, 0.3) is 0 Å². The summed E-state index contributed by atoms with van der Waals surface area (Å²) in [5, 5.41) is 0. The Kier molecular flexibility index (Phi) is 3.95. The van der Waals surface area contributed by atoms with Crippen molar-refractivity contribution in [1.82, 2.24) is 0 Å². The molecule has 1 heterocycles. The summed E-state index contributed by atoms with van der Waals surface area (Å²) in [4.78, 5) is 9.18. The predicted octanol–water partition coefficient (Wildman–Crippen LogP) is 4.88. The Morgan fingerprint density at radius 2 is 2.22 bits per heavy atom. The molecule has 0 radical (unpaired) electrons. The van der Waals surface area contributed by atoms with E-state index in [1.54, 1.807) is 0 Å². The van der Waals surface area contributed by atoms with Crippen LogP contribution in [0.3, 0.4) is 0 Å². The van der Waals surface area contributed by atoms with Crippen LogP contribution in [-0.2, 0) is 6.42 Å². The van der Waals surface area contributed by atoms with Crippen molar-refractivity contribution in [3.8, 4) is 0 Å². The van der Waals surface area contributed by atoms with Gasteiger partial charge in [0.05, 0.1) is 11.4 Å². The highest BCUT2D eigenvalue weighted by atomic mass is 14.8.